The highest BCUT2D eigenvalue weighted by Gasteiger charge is 1.99. The van der Waals surface area contributed by atoms with Crippen LogP contribution in [0.1, 0.15) is 38.8 Å². The normalized spacial score (nSPS) is 10.8. The van der Waals surface area contributed by atoms with Gasteiger partial charge in [0.15, 0.2) is 0 Å². The summed E-state index contributed by atoms with van der Waals surface area (Å²) in [6.45, 7) is 8.89. The van der Waals surface area contributed by atoms with Crippen LogP contribution in [0.3, 0.4) is 0 Å². The summed E-state index contributed by atoms with van der Waals surface area (Å²) >= 11 is 0. The molecular weight excluding hydrogens is 304 g/mol. The summed E-state index contributed by atoms with van der Waals surface area (Å²) in [5, 5.41) is 11.7. The molecule has 0 unspecified atom stereocenters. The van der Waals surface area contributed by atoms with Crippen LogP contribution in [0.15, 0.2) is 66.7 Å². The summed E-state index contributed by atoms with van der Waals surface area (Å²) in [7, 11) is 0. The van der Waals surface area contributed by atoms with E-state index in [0.29, 0.717) is 11.7 Å². The second-order valence-electron chi connectivity index (χ2n) is 7.54. The molecule has 0 aromatic heterocycles. The molecule has 3 aromatic rings. The molecule has 132 valence electrons. The standard InChI is InChI=1S/C14H16.C10H14O/c1-11(2)9-12-7-8-13-5-3-4-6-14(13)10-12;1-8(2)7-9-3-5-10(11)6-4-9/h3-8,10-11H,9H2,1-2H3;3-6,8,11H,7H2,1-2H3. The molecule has 25 heavy (non-hydrogen) atoms. The van der Waals surface area contributed by atoms with E-state index in [4.69, 9.17) is 5.11 Å². The Bertz CT molecular complexity index is 769. The Morgan fingerprint density at radius 2 is 1.16 bits per heavy atom. The van der Waals surface area contributed by atoms with Gasteiger partial charge in [-0.25, -0.2) is 0 Å². The Morgan fingerprint density at radius 3 is 1.76 bits per heavy atom. The number of phenols is 1. The maximum absolute atomic E-state index is 8.99. The van der Waals surface area contributed by atoms with Gasteiger partial charge in [0.1, 0.15) is 5.75 Å². The first-order valence-electron chi connectivity index (χ1n) is 9.19. The first-order chi connectivity index (χ1) is 11.9. The molecule has 0 aliphatic rings. The van der Waals surface area contributed by atoms with Crippen molar-refractivity contribution in [1.82, 2.24) is 0 Å². The molecular formula is C24H30O. The van der Waals surface area contributed by atoms with Gasteiger partial charge in [0.05, 0.1) is 0 Å². The second-order valence-corrected chi connectivity index (χ2v) is 7.54. The topological polar surface area (TPSA) is 20.2 Å². The quantitative estimate of drug-likeness (QED) is 0.568. The summed E-state index contributed by atoms with van der Waals surface area (Å²) in [4.78, 5) is 0. The van der Waals surface area contributed by atoms with Crippen LogP contribution in [0.5, 0.6) is 5.75 Å². The average molecular weight is 335 g/mol. The zero-order valence-electron chi connectivity index (χ0n) is 15.9. The van der Waals surface area contributed by atoms with Crippen molar-refractivity contribution in [3.63, 3.8) is 0 Å². The fourth-order valence-electron chi connectivity index (χ4n) is 2.94. The molecule has 1 heteroatoms. The molecule has 0 atom stereocenters. The summed E-state index contributed by atoms with van der Waals surface area (Å²) in [5.41, 5.74) is 2.73. The van der Waals surface area contributed by atoms with E-state index in [1.54, 1.807) is 12.1 Å². The number of benzene rings is 3. The predicted molar refractivity (Wildman–Crippen MR) is 109 cm³/mol. The van der Waals surface area contributed by atoms with E-state index in [1.807, 2.05) is 12.1 Å². The molecule has 0 heterocycles. The van der Waals surface area contributed by atoms with Crippen molar-refractivity contribution < 1.29 is 5.11 Å². The molecule has 0 saturated heterocycles. The van der Waals surface area contributed by atoms with Crippen LogP contribution in [0.4, 0.5) is 0 Å². The lowest BCUT2D eigenvalue weighted by molar-refractivity contribution is 0.475. The first kappa shape index (κ1) is 19.1. The molecule has 0 bridgehead atoms. The van der Waals surface area contributed by atoms with Gasteiger partial charge in [0.25, 0.3) is 0 Å². The van der Waals surface area contributed by atoms with E-state index >= 15 is 0 Å². The number of rotatable bonds is 4. The zero-order chi connectivity index (χ0) is 18.2. The number of hydrogen-bond donors (Lipinski definition) is 1. The molecule has 0 fully saturated rings. The van der Waals surface area contributed by atoms with Crippen LogP contribution in [-0.2, 0) is 12.8 Å². The highest BCUT2D eigenvalue weighted by molar-refractivity contribution is 5.82. The van der Waals surface area contributed by atoms with Crippen molar-refractivity contribution in [2.75, 3.05) is 0 Å². The van der Waals surface area contributed by atoms with E-state index in [-0.39, 0.29) is 0 Å². The zero-order valence-corrected chi connectivity index (χ0v) is 15.9. The maximum atomic E-state index is 8.99. The van der Waals surface area contributed by atoms with Crippen LogP contribution < -0.4 is 0 Å². The molecule has 3 aromatic carbocycles. The fraction of sp³-hybridized carbons (Fsp3) is 0.333. The molecule has 1 N–H and O–H groups in total. The second kappa shape index (κ2) is 9.27. The summed E-state index contributed by atoms with van der Waals surface area (Å²) in [6, 6.07) is 22.7. The Balaban J connectivity index is 0.000000186. The summed E-state index contributed by atoms with van der Waals surface area (Å²) in [5.74, 6) is 1.76. The third-order valence-corrected chi connectivity index (χ3v) is 4.04. The minimum atomic E-state index is 0.345. The lowest BCUT2D eigenvalue weighted by Crippen LogP contribution is -1.93. The van der Waals surface area contributed by atoms with Crippen molar-refractivity contribution >= 4 is 10.8 Å². The monoisotopic (exact) mass is 334 g/mol. The van der Waals surface area contributed by atoms with Gasteiger partial charge in [0, 0.05) is 0 Å². The number of hydrogen-bond acceptors (Lipinski definition) is 1. The van der Waals surface area contributed by atoms with E-state index < -0.39 is 0 Å². The van der Waals surface area contributed by atoms with E-state index in [0.717, 1.165) is 12.3 Å². The molecule has 0 amide bonds. The Kier molecular flexibility index (Phi) is 7.06. The lowest BCUT2D eigenvalue weighted by Gasteiger charge is -2.06. The van der Waals surface area contributed by atoms with Crippen molar-refractivity contribution in [1.29, 1.82) is 0 Å². The fourth-order valence-corrected chi connectivity index (χ4v) is 2.94. The third kappa shape index (κ3) is 6.62. The van der Waals surface area contributed by atoms with Crippen LogP contribution >= 0.6 is 0 Å². The number of phenolic OH excluding ortho intramolecular Hbond substituents is 1. The van der Waals surface area contributed by atoms with Gasteiger partial charge < -0.3 is 5.11 Å². The molecule has 0 saturated carbocycles. The molecule has 1 nitrogen and oxygen atoms in total. The van der Waals surface area contributed by atoms with Gasteiger partial charge in [-0.3, -0.25) is 0 Å². The number of aromatic hydroxyl groups is 1. The lowest BCUT2D eigenvalue weighted by atomic mass is 10.00. The van der Waals surface area contributed by atoms with Gasteiger partial charge in [-0.2, -0.15) is 0 Å². The molecule has 3 rings (SSSR count). The predicted octanol–water partition coefficient (Wildman–Crippen LogP) is 6.63. The Labute approximate surface area is 152 Å². The van der Waals surface area contributed by atoms with Gasteiger partial charge in [-0.1, -0.05) is 82.3 Å². The van der Waals surface area contributed by atoms with E-state index in [1.165, 1.54) is 28.3 Å². The smallest absolute Gasteiger partial charge is 0.115 e. The number of fused-ring (bicyclic) bond motifs is 1. The maximum Gasteiger partial charge on any atom is 0.115 e. The van der Waals surface area contributed by atoms with E-state index in [2.05, 4.69) is 70.2 Å². The van der Waals surface area contributed by atoms with Crippen LogP contribution in [0, 0.1) is 11.8 Å². The van der Waals surface area contributed by atoms with Gasteiger partial charge in [-0.05, 0) is 58.7 Å². The van der Waals surface area contributed by atoms with Crippen molar-refractivity contribution in [3.8, 4) is 5.75 Å². The summed E-state index contributed by atoms with van der Waals surface area (Å²) in [6.07, 6.45) is 2.26. The minimum absolute atomic E-state index is 0.345. The highest BCUT2D eigenvalue weighted by Crippen LogP contribution is 2.17. The van der Waals surface area contributed by atoms with E-state index in [9.17, 15) is 0 Å². The highest BCUT2D eigenvalue weighted by atomic mass is 16.3. The largest absolute Gasteiger partial charge is 0.508 e. The summed E-state index contributed by atoms with van der Waals surface area (Å²) < 4.78 is 0. The third-order valence-electron chi connectivity index (χ3n) is 4.04. The van der Waals surface area contributed by atoms with Crippen LogP contribution in [0.2, 0.25) is 0 Å². The van der Waals surface area contributed by atoms with Crippen LogP contribution in [-0.4, -0.2) is 5.11 Å². The first-order valence-corrected chi connectivity index (χ1v) is 9.19. The molecule has 0 radical (unpaired) electrons. The Hall–Kier alpha value is -2.28. The van der Waals surface area contributed by atoms with Gasteiger partial charge in [0.2, 0.25) is 0 Å². The molecule has 0 aliphatic heterocycles. The average Bonchev–Trinajstić information content (AvgIpc) is 2.56. The van der Waals surface area contributed by atoms with Crippen LogP contribution in [0.25, 0.3) is 10.8 Å². The SMILES string of the molecule is CC(C)Cc1ccc(O)cc1.CC(C)Cc1ccc2ccccc2c1. The molecule has 0 aliphatic carbocycles. The van der Waals surface area contributed by atoms with Crippen molar-refractivity contribution in [3.05, 3.63) is 77.9 Å². The minimum Gasteiger partial charge on any atom is -0.508 e. The Morgan fingerprint density at radius 1 is 0.640 bits per heavy atom. The van der Waals surface area contributed by atoms with Crippen molar-refractivity contribution in [2.45, 2.75) is 40.5 Å². The molecule has 0 spiro atoms. The van der Waals surface area contributed by atoms with Gasteiger partial charge >= 0.3 is 0 Å². The van der Waals surface area contributed by atoms with Crippen molar-refractivity contribution in [2.24, 2.45) is 11.8 Å². The van der Waals surface area contributed by atoms with Gasteiger partial charge in [-0.15, -0.1) is 0 Å².